The van der Waals surface area contributed by atoms with Crippen LogP contribution in [0.5, 0.6) is 0 Å². The smallest absolute Gasteiger partial charge is 0.250 e. The molecule has 0 aliphatic heterocycles. The quantitative estimate of drug-likeness (QED) is 0.419. The number of carbonyl (C=O) groups is 2. The van der Waals surface area contributed by atoms with E-state index in [1.165, 1.54) is 6.08 Å². The van der Waals surface area contributed by atoms with Crippen LogP contribution in [0.1, 0.15) is 23.5 Å². The molecule has 3 N–H and O–H groups in total. The molecule has 0 spiro atoms. The van der Waals surface area contributed by atoms with Gasteiger partial charge in [0, 0.05) is 17.0 Å². The minimum absolute atomic E-state index is 0.0333. The van der Waals surface area contributed by atoms with Crippen LogP contribution in [-0.4, -0.2) is 16.9 Å². The highest BCUT2D eigenvalue weighted by Crippen LogP contribution is 2.47. The van der Waals surface area contributed by atoms with Crippen molar-refractivity contribution in [3.05, 3.63) is 76.8 Å². The first-order chi connectivity index (χ1) is 13.0. The monoisotopic (exact) mass is 399 g/mol. The van der Waals surface area contributed by atoms with Crippen molar-refractivity contribution in [3.8, 4) is 0 Å². The summed E-state index contributed by atoms with van der Waals surface area (Å²) in [5.74, 6) is -0.385. The van der Waals surface area contributed by atoms with E-state index in [4.69, 9.17) is 23.8 Å². The van der Waals surface area contributed by atoms with E-state index in [0.29, 0.717) is 5.02 Å². The van der Waals surface area contributed by atoms with Gasteiger partial charge in [0.15, 0.2) is 5.11 Å². The highest BCUT2D eigenvalue weighted by atomic mass is 35.5. The first-order valence-corrected chi connectivity index (χ1v) is 9.21. The Labute approximate surface area is 167 Å². The van der Waals surface area contributed by atoms with E-state index in [2.05, 4.69) is 16.2 Å². The maximum absolute atomic E-state index is 12.1. The Morgan fingerprint density at radius 1 is 1.04 bits per heavy atom. The van der Waals surface area contributed by atoms with Gasteiger partial charge in [-0.15, -0.1) is 0 Å². The third kappa shape index (κ3) is 5.64. The van der Waals surface area contributed by atoms with Crippen molar-refractivity contribution in [2.24, 2.45) is 5.92 Å². The van der Waals surface area contributed by atoms with Crippen LogP contribution in [0.25, 0.3) is 6.08 Å². The second kappa shape index (κ2) is 8.79. The summed E-state index contributed by atoms with van der Waals surface area (Å²) < 4.78 is 0. The van der Waals surface area contributed by atoms with Crippen molar-refractivity contribution in [1.82, 2.24) is 16.2 Å². The van der Waals surface area contributed by atoms with Crippen molar-refractivity contribution < 1.29 is 9.59 Å². The molecular formula is C20H18ClN3O2S. The molecule has 0 unspecified atom stereocenters. The normalized spacial score (nSPS) is 18.0. The van der Waals surface area contributed by atoms with Crippen molar-refractivity contribution in [3.63, 3.8) is 0 Å². The van der Waals surface area contributed by atoms with Gasteiger partial charge in [0.1, 0.15) is 0 Å². The number of hydrogen-bond acceptors (Lipinski definition) is 3. The number of hydrogen-bond donors (Lipinski definition) is 3. The number of rotatable bonds is 4. The number of carbonyl (C=O) groups excluding carboxylic acids is 2. The van der Waals surface area contributed by atoms with Gasteiger partial charge in [0.25, 0.3) is 0 Å². The number of hydrazine groups is 1. The van der Waals surface area contributed by atoms with Crippen LogP contribution in [-0.2, 0) is 9.59 Å². The van der Waals surface area contributed by atoms with Crippen LogP contribution in [0.2, 0.25) is 5.02 Å². The maximum atomic E-state index is 12.1. The van der Waals surface area contributed by atoms with Crippen LogP contribution in [0.15, 0.2) is 60.7 Å². The summed E-state index contributed by atoms with van der Waals surface area (Å²) in [4.78, 5) is 24.0. The highest BCUT2D eigenvalue weighted by molar-refractivity contribution is 7.80. The summed E-state index contributed by atoms with van der Waals surface area (Å²) in [7, 11) is 0. The second-order valence-corrected chi connectivity index (χ2v) is 7.02. The topological polar surface area (TPSA) is 70.2 Å². The molecule has 7 heteroatoms. The van der Waals surface area contributed by atoms with E-state index in [0.717, 1.165) is 17.5 Å². The Bertz CT molecular complexity index is 869. The predicted molar refractivity (Wildman–Crippen MR) is 110 cm³/mol. The van der Waals surface area contributed by atoms with Crippen molar-refractivity contribution in [2.75, 3.05) is 0 Å². The van der Waals surface area contributed by atoms with Gasteiger partial charge in [0.2, 0.25) is 11.8 Å². The molecule has 2 atom stereocenters. The largest absolute Gasteiger partial charge is 0.298 e. The summed E-state index contributed by atoms with van der Waals surface area (Å²) in [6.07, 6.45) is 3.80. The minimum Gasteiger partial charge on any atom is -0.298 e. The van der Waals surface area contributed by atoms with E-state index < -0.39 is 5.91 Å². The lowest BCUT2D eigenvalue weighted by Gasteiger charge is -2.09. The first kappa shape index (κ1) is 19.1. The van der Waals surface area contributed by atoms with Gasteiger partial charge in [-0.1, -0.05) is 54.1 Å². The number of benzene rings is 2. The molecule has 0 saturated heterocycles. The third-order valence-corrected chi connectivity index (χ3v) is 4.64. The van der Waals surface area contributed by atoms with E-state index in [9.17, 15) is 9.59 Å². The van der Waals surface area contributed by atoms with E-state index in [1.54, 1.807) is 30.3 Å². The van der Waals surface area contributed by atoms with Crippen LogP contribution in [0.4, 0.5) is 0 Å². The Kier molecular flexibility index (Phi) is 6.21. The SMILES string of the molecule is O=C(C=Cc1ccc(Cl)cc1)NC(=S)NNC(=O)[C@H]1C[C@@H]1c1ccccc1. The van der Waals surface area contributed by atoms with Crippen LogP contribution in [0, 0.1) is 5.92 Å². The highest BCUT2D eigenvalue weighted by Gasteiger charge is 2.43. The van der Waals surface area contributed by atoms with Gasteiger partial charge in [0.05, 0.1) is 0 Å². The second-order valence-electron chi connectivity index (χ2n) is 6.18. The molecule has 5 nitrogen and oxygen atoms in total. The maximum Gasteiger partial charge on any atom is 0.250 e. The lowest BCUT2D eigenvalue weighted by atomic mass is 10.1. The molecular weight excluding hydrogens is 382 g/mol. The average Bonchev–Trinajstić information content (AvgIpc) is 3.47. The number of thiocarbonyl (C=S) groups is 1. The average molecular weight is 400 g/mol. The van der Waals surface area contributed by atoms with Gasteiger partial charge in [-0.05, 0) is 53.9 Å². The number of amides is 2. The minimum atomic E-state index is -0.398. The molecule has 2 aromatic carbocycles. The zero-order valence-electron chi connectivity index (χ0n) is 14.3. The Hall–Kier alpha value is -2.70. The Morgan fingerprint density at radius 2 is 1.74 bits per heavy atom. The summed E-state index contributed by atoms with van der Waals surface area (Å²) in [6.45, 7) is 0. The third-order valence-electron chi connectivity index (χ3n) is 4.19. The van der Waals surface area contributed by atoms with Crippen molar-refractivity contribution in [1.29, 1.82) is 0 Å². The van der Waals surface area contributed by atoms with Gasteiger partial charge >= 0.3 is 0 Å². The number of halogens is 1. The first-order valence-electron chi connectivity index (χ1n) is 8.42. The molecule has 3 rings (SSSR count). The number of nitrogens with one attached hydrogen (secondary N) is 3. The van der Waals surface area contributed by atoms with Crippen LogP contribution >= 0.6 is 23.8 Å². The Morgan fingerprint density at radius 3 is 2.44 bits per heavy atom. The summed E-state index contributed by atoms with van der Waals surface area (Å²) in [5.41, 5.74) is 7.10. The fourth-order valence-electron chi connectivity index (χ4n) is 2.70. The molecule has 1 aliphatic rings. The lowest BCUT2D eigenvalue weighted by Crippen LogP contribution is -2.48. The summed E-state index contributed by atoms with van der Waals surface area (Å²) in [5, 5.41) is 3.13. The molecule has 1 fully saturated rings. The molecule has 2 amide bonds. The standard InChI is InChI=1S/C20H18ClN3O2S/c21-15-9-6-13(7-10-15)8-11-18(25)22-20(27)24-23-19(26)17-12-16(17)14-4-2-1-3-5-14/h1-11,16-17H,12H2,(H,23,26)(H2,22,24,25,27)/t16-,17+/m1/s1. The molecule has 1 aliphatic carbocycles. The van der Waals surface area contributed by atoms with Gasteiger partial charge in [-0.2, -0.15) is 0 Å². The Balaban J connectivity index is 1.40. The van der Waals surface area contributed by atoms with E-state index in [1.807, 2.05) is 30.3 Å². The van der Waals surface area contributed by atoms with Crippen molar-refractivity contribution in [2.45, 2.75) is 12.3 Å². The molecule has 2 aromatic rings. The van der Waals surface area contributed by atoms with Gasteiger partial charge < -0.3 is 0 Å². The zero-order valence-corrected chi connectivity index (χ0v) is 15.9. The summed E-state index contributed by atoms with van der Waals surface area (Å²) >= 11 is 10.8. The molecule has 0 radical (unpaired) electrons. The van der Waals surface area contributed by atoms with E-state index in [-0.39, 0.29) is 22.9 Å². The molecule has 27 heavy (non-hydrogen) atoms. The summed E-state index contributed by atoms with van der Waals surface area (Å²) in [6, 6.07) is 17.0. The molecule has 0 bridgehead atoms. The fraction of sp³-hybridized carbons (Fsp3) is 0.150. The fourth-order valence-corrected chi connectivity index (χ4v) is 2.97. The molecule has 0 heterocycles. The van der Waals surface area contributed by atoms with Gasteiger partial charge in [-0.25, -0.2) is 0 Å². The zero-order chi connectivity index (χ0) is 19.2. The molecule has 0 aromatic heterocycles. The lowest BCUT2D eigenvalue weighted by molar-refractivity contribution is -0.123. The molecule has 138 valence electrons. The predicted octanol–water partition coefficient (Wildman–Crippen LogP) is 3.18. The van der Waals surface area contributed by atoms with Crippen LogP contribution < -0.4 is 16.2 Å². The van der Waals surface area contributed by atoms with Crippen molar-refractivity contribution >= 4 is 46.8 Å². The molecule has 1 saturated carbocycles. The van der Waals surface area contributed by atoms with Gasteiger partial charge in [-0.3, -0.25) is 25.8 Å². The van der Waals surface area contributed by atoms with Crippen LogP contribution in [0.3, 0.4) is 0 Å². The van der Waals surface area contributed by atoms with E-state index >= 15 is 0 Å².